The summed E-state index contributed by atoms with van der Waals surface area (Å²) in [6.07, 6.45) is 1.31. The van der Waals surface area contributed by atoms with E-state index in [1.54, 1.807) is 20.8 Å². The Morgan fingerprint density at radius 1 is 0.897 bits per heavy atom. The second-order valence-corrected chi connectivity index (χ2v) is 8.16. The largest absolute Gasteiger partial charge is 0.467 e. The molecule has 0 aliphatic rings. The molecular formula is C20H37N3O6. The Kier molecular flexibility index (Phi) is 10.7. The third-order valence-corrected chi connectivity index (χ3v) is 4.18. The molecule has 0 aromatic carbocycles. The van der Waals surface area contributed by atoms with Crippen LogP contribution in [-0.4, -0.2) is 54.2 Å². The van der Waals surface area contributed by atoms with Gasteiger partial charge in [-0.25, -0.2) is 9.59 Å². The van der Waals surface area contributed by atoms with E-state index in [2.05, 4.69) is 20.7 Å². The number of hydrogen-bond donors (Lipinski definition) is 3. The van der Waals surface area contributed by atoms with Gasteiger partial charge in [0.25, 0.3) is 0 Å². The molecule has 29 heavy (non-hydrogen) atoms. The molecule has 0 bridgehead atoms. The van der Waals surface area contributed by atoms with Gasteiger partial charge in [-0.2, -0.15) is 0 Å². The summed E-state index contributed by atoms with van der Waals surface area (Å²) in [6.45, 7) is 12.0. The second-order valence-electron chi connectivity index (χ2n) is 8.16. The predicted octanol–water partition coefficient (Wildman–Crippen LogP) is 2.03. The molecule has 3 N–H and O–H groups in total. The minimum atomic E-state index is -1.20. The van der Waals surface area contributed by atoms with Crippen molar-refractivity contribution < 1.29 is 28.7 Å². The standard InChI is InChI=1S/C20H37N3O6/c1-9-11-20(12-10-2,17(26)21-14(4)16(25)28-8)23-15(24)13(3)22-18(27)29-19(5,6)7/h13-14H,9-12H2,1-8H3,(H,21,26)(H,22,27)(H,23,24)/t13-,14-/m0/s1. The first-order chi connectivity index (χ1) is 13.3. The number of rotatable bonds is 10. The number of hydrogen-bond acceptors (Lipinski definition) is 6. The molecule has 3 amide bonds. The molecule has 0 saturated carbocycles. The molecule has 9 nitrogen and oxygen atoms in total. The summed E-state index contributed by atoms with van der Waals surface area (Å²) in [4.78, 5) is 49.3. The molecule has 0 aromatic rings. The van der Waals surface area contributed by atoms with Gasteiger partial charge in [0, 0.05) is 0 Å². The van der Waals surface area contributed by atoms with Crippen LogP contribution >= 0.6 is 0 Å². The average molecular weight is 416 g/mol. The Morgan fingerprint density at radius 2 is 1.41 bits per heavy atom. The van der Waals surface area contributed by atoms with Crippen LogP contribution in [0.15, 0.2) is 0 Å². The van der Waals surface area contributed by atoms with Crippen LogP contribution in [0.3, 0.4) is 0 Å². The summed E-state index contributed by atoms with van der Waals surface area (Å²) >= 11 is 0. The minimum Gasteiger partial charge on any atom is -0.467 e. The summed E-state index contributed by atoms with van der Waals surface area (Å²) in [5.41, 5.74) is -1.90. The van der Waals surface area contributed by atoms with Gasteiger partial charge in [0.1, 0.15) is 23.2 Å². The summed E-state index contributed by atoms with van der Waals surface area (Å²) in [6, 6.07) is -1.77. The normalized spacial score (nSPS) is 13.7. The molecule has 2 atom stereocenters. The highest BCUT2D eigenvalue weighted by Crippen LogP contribution is 2.21. The fraction of sp³-hybridized carbons (Fsp3) is 0.800. The zero-order valence-electron chi connectivity index (χ0n) is 18.9. The van der Waals surface area contributed by atoms with Crippen LogP contribution in [0.5, 0.6) is 0 Å². The number of carbonyl (C=O) groups excluding carboxylic acids is 4. The molecule has 0 unspecified atom stereocenters. The molecule has 0 saturated heterocycles. The number of nitrogens with one attached hydrogen (secondary N) is 3. The van der Waals surface area contributed by atoms with E-state index in [1.807, 2.05) is 13.8 Å². The molecule has 0 aliphatic heterocycles. The molecule has 0 heterocycles. The van der Waals surface area contributed by atoms with Crippen molar-refractivity contribution in [3.05, 3.63) is 0 Å². The van der Waals surface area contributed by atoms with Gasteiger partial charge in [0.05, 0.1) is 7.11 Å². The smallest absolute Gasteiger partial charge is 0.408 e. The summed E-state index contributed by atoms with van der Waals surface area (Å²) in [5, 5.41) is 7.88. The first-order valence-electron chi connectivity index (χ1n) is 10.0. The number of methoxy groups -OCH3 is 1. The topological polar surface area (TPSA) is 123 Å². The first-order valence-corrected chi connectivity index (χ1v) is 10.0. The van der Waals surface area contributed by atoms with Gasteiger partial charge in [-0.05, 0) is 47.5 Å². The third kappa shape index (κ3) is 9.15. The van der Waals surface area contributed by atoms with Crippen molar-refractivity contribution in [3.8, 4) is 0 Å². The Bertz CT molecular complexity index is 579. The highest BCUT2D eigenvalue weighted by molar-refractivity contribution is 5.95. The lowest BCUT2D eigenvalue weighted by Gasteiger charge is -2.35. The van der Waals surface area contributed by atoms with E-state index in [0.29, 0.717) is 25.7 Å². The number of esters is 1. The van der Waals surface area contributed by atoms with E-state index in [4.69, 9.17) is 4.74 Å². The minimum absolute atomic E-state index is 0.380. The van der Waals surface area contributed by atoms with Crippen molar-refractivity contribution in [1.29, 1.82) is 0 Å². The van der Waals surface area contributed by atoms with Crippen LogP contribution in [0.4, 0.5) is 4.79 Å². The molecule has 9 heteroatoms. The van der Waals surface area contributed by atoms with E-state index in [1.165, 1.54) is 21.0 Å². The van der Waals surface area contributed by atoms with Crippen molar-refractivity contribution in [2.75, 3.05) is 7.11 Å². The van der Waals surface area contributed by atoms with Crippen molar-refractivity contribution in [2.45, 2.75) is 97.4 Å². The van der Waals surface area contributed by atoms with Crippen molar-refractivity contribution in [2.24, 2.45) is 0 Å². The number of alkyl carbamates (subject to hydrolysis) is 1. The van der Waals surface area contributed by atoms with Crippen LogP contribution in [0.1, 0.15) is 74.1 Å². The van der Waals surface area contributed by atoms with Crippen LogP contribution in [0.2, 0.25) is 0 Å². The van der Waals surface area contributed by atoms with Crippen LogP contribution in [0, 0.1) is 0 Å². The summed E-state index contributed by atoms with van der Waals surface area (Å²) in [5.74, 6) is -1.55. The Hall–Kier alpha value is -2.32. The van der Waals surface area contributed by atoms with E-state index in [-0.39, 0.29) is 0 Å². The quantitative estimate of drug-likeness (QED) is 0.469. The lowest BCUT2D eigenvalue weighted by Crippen LogP contribution is -2.63. The molecule has 0 spiro atoms. The fourth-order valence-electron chi connectivity index (χ4n) is 2.85. The second kappa shape index (κ2) is 11.6. The van der Waals surface area contributed by atoms with Gasteiger partial charge in [-0.1, -0.05) is 26.7 Å². The molecule has 0 rings (SSSR count). The van der Waals surface area contributed by atoms with Crippen molar-refractivity contribution >= 4 is 23.9 Å². The molecule has 0 aliphatic carbocycles. The molecular weight excluding hydrogens is 378 g/mol. The van der Waals surface area contributed by atoms with Gasteiger partial charge in [0.2, 0.25) is 11.8 Å². The molecule has 168 valence electrons. The van der Waals surface area contributed by atoms with E-state index >= 15 is 0 Å². The average Bonchev–Trinajstić information content (AvgIpc) is 2.59. The van der Waals surface area contributed by atoms with Crippen LogP contribution in [-0.2, 0) is 23.9 Å². The van der Waals surface area contributed by atoms with Gasteiger partial charge >= 0.3 is 12.1 Å². The maximum Gasteiger partial charge on any atom is 0.408 e. The zero-order valence-corrected chi connectivity index (χ0v) is 18.9. The lowest BCUT2D eigenvalue weighted by molar-refractivity contribution is -0.146. The van der Waals surface area contributed by atoms with Gasteiger partial charge in [-0.3, -0.25) is 9.59 Å². The maximum absolute atomic E-state index is 13.0. The van der Waals surface area contributed by atoms with Crippen LogP contribution in [0.25, 0.3) is 0 Å². The van der Waals surface area contributed by atoms with E-state index < -0.39 is 47.1 Å². The summed E-state index contributed by atoms with van der Waals surface area (Å²) < 4.78 is 9.81. The predicted molar refractivity (Wildman–Crippen MR) is 109 cm³/mol. The Labute approximate surface area is 173 Å². The van der Waals surface area contributed by atoms with Crippen LogP contribution < -0.4 is 16.0 Å². The fourth-order valence-corrected chi connectivity index (χ4v) is 2.85. The number of ether oxygens (including phenoxy) is 2. The molecule has 0 aromatic heterocycles. The number of amides is 3. The molecule has 0 radical (unpaired) electrons. The highest BCUT2D eigenvalue weighted by atomic mass is 16.6. The highest BCUT2D eigenvalue weighted by Gasteiger charge is 2.40. The summed E-state index contributed by atoms with van der Waals surface area (Å²) in [7, 11) is 1.24. The van der Waals surface area contributed by atoms with Gasteiger partial charge < -0.3 is 25.4 Å². The monoisotopic (exact) mass is 415 g/mol. The number of carbonyl (C=O) groups is 4. The SMILES string of the molecule is CCCC(CCC)(NC(=O)[C@H](C)NC(=O)OC(C)(C)C)C(=O)N[C@@H](C)C(=O)OC. The first kappa shape index (κ1) is 26.7. The van der Waals surface area contributed by atoms with Crippen molar-refractivity contribution in [3.63, 3.8) is 0 Å². The van der Waals surface area contributed by atoms with E-state index in [9.17, 15) is 19.2 Å². The third-order valence-electron chi connectivity index (χ3n) is 4.18. The van der Waals surface area contributed by atoms with Gasteiger partial charge in [-0.15, -0.1) is 0 Å². The Morgan fingerprint density at radius 3 is 1.83 bits per heavy atom. The Balaban J connectivity index is 5.39. The van der Waals surface area contributed by atoms with E-state index in [0.717, 1.165) is 0 Å². The van der Waals surface area contributed by atoms with Gasteiger partial charge in [0.15, 0.2) is 0 Å². The zero-order chi connectivity index (χ0) is 22.8. The lowest BCUT2D eigenvalue weighted by atomic mass is 9.86. The molecule has 0 fully saturated rings. The van der Waals surface area contributed by atoms with Crippen molar-refractivity contribution in [1.82, 2.24) is 16.0 Å². The maximum atomic E-state index is 13.0.